The van der Waals surface area contributed by atoms with E-state index < -0.39 is 32.9 Å². The molecule has 2 N–H and O–H groups in total. The first-order chi connectivity index (χ1) is 9.65. The topological polar surface area (TPSA) is 84.5 Å². The molecule has 0 fully saturated rings. The summed E-state index contributed by atoms with van der Waals surface area (Å²) in [7, 11) is -2.84. The van der Waals surface area contributed by atoms with Gasteiger partial charge in [-0.3, -0.25) is 4.79 Å². The van der Waals surface area contributed by atoms with Gasteiger partial charge in [0.05, 0.1) is 0 Å². The highest BCUT2D eigenvalue weighted by Gasteiger charge is 2.33. The molecule has 0 aromatic heterocycles. The van der Waals surface area contributed by atoms with Gasteiger partial charge >= 0.3 is 6.36 Å². The lowest BCUT2D eigenvalue weighted by Gasteiger charge is -2.13. The molecule has 21 heavy (non-hydrogen) atoms. The van der Waals surface area contributed by atoms with E-state index in [9.17, 15) is 26.4 Å². The lowest BCUT2D eigenvalue weighted by atomic mass is 10.3. The molecule has 1 aromatic carbocycles. The third kappa shape index (κ3) is 5.60. The zero-order valence-electron chi connectivity index (χ0n) is 10.9. The number of amides is 1. The van der Waals surface area contributed by atoms with Gasteiger partial charge in [0, 0.05) is 20.0 Å². The Labute approximate surface area is 119 Å². The fraction of sp³-hybridized carbons (Fsp3) is 0.364. The van der Waals surface area contributed by atoms with Crippen molar-refractivity contribution < 1.29 is 31.1 Å². The van der Waals surface area contributed by atoms with Gasteiger partial charge in [-0.1, -0.05) is 12.1 Å². The van der Waals surface area contributed by atoms with Gasteiger partial charge in [-0.25, -0.2) is 13.1 Å². The van der Waals surface area contributed by atoms with E-state index in [4.69, 9.17) is 0 Å². The second-order valence-corrected chi connectivity index (χ2v) is 5.55. The highest BCUT2D eigenvalue weighted by Crippen LogP contribution is 2.29. The minimum Gasteiger partial charge on any atom is -0.404 e. The summed E-state index contributed by atoms with van der Waals surface area (Å²) in [5.74, 6) is -1.24. The molecular formula is C11H13F3N2O4S. The predicted octanol–water partition coefficient (Wildman–Crippen LogP) is 1.000. The van der Waals surface area contributed by atoms with Gasteiger partial charge in [0.15, 0.2) is 0 Å². The molecule has 118 valence electrons. The first-order valence-electron chi connectivity index (χ1n) is 5.71. The van der Waals surface area contributed by atoms with Crippen LogP contribution in [-0.2, 0) is 14.8 Å². The molecule has 6 nitrogen and oxygen atoms in total. The predicted molar refractivity (Wildman–Crippen MR) is 67.0 cm³/mol. The van der Waals surface area contributed by atoms with Crippen LogP contribution < -0.4 is 14.8 Å². The van der Waals surface area contributed by atoms with Crippen LogP contribution in [0.15, 0.2) is 29.2 Å². The molecule has 0 atom stereocenters. The summed E-state index contributed by atoms with van der Waals surface area (Å²) in [6.45, 7) is -0.248. The van der Waals surface area contributed by atoms with Crippen molar-refractivity contribution in [2.45, 2.75) is 17.7 Å². The number of para-hydroxylation sites is 1. The Morgan fingerprint density at radius 2 is 1.90 bits per heavy atom. The van der Waals surface area contributed by atoms with Crippen molar-refractivity contribution in [3.63, 3.8) is 0 Å². The van der Waals surface area contributed by atoms with Crippen molar-refractivity contribution in [1.82, 2.24) is 10.0 Å². The fourth-order valence-electron chi connectivity index (χ4n) is 1.38. The number of nitrogens with one attached hydrogen (secondary N) is 2. The first kappa shape index (κ1) is 17.2. The van der Waals surface area contributed by atoms with E-state index in [1.165, 1.54) is 19.2 Å². The molecule has 0 spiro atoms. The average molecular weight is 326 g/mol. The maximum atomic E-state index is 12.2. The van der Waals surface area contributed by atoms with E-state index >= 15 is 0 Å². The van der Waals surface area contributed by atoms with E-state index in [1.54, 1.807) is 0 Å². The summed E-state index contributed by atoms with van der Waals surface area (Å²) >= 11 is 0. The number of ether oxygens (including phenoxy) is 1. The van der Waals surface area contributed by atoms with Gasteiger partial charge in [0.1, 0.15) is 10.6 Å². The fourth-order valence-corrected chi connectivity index (χ4v) is 2.54. The van der Waals surface area contributed by atoms with E-state index in [2.05, 4.69) is 10.1 Å². The van der Waals surface area contributed by atoms with Crippen LogP contribution in [0.2, 0.25) is 0 Å². The molecule has 1 amide bonds. The van der Waals surface area contributed by atoms with Crippen molar-refractivity contribution in [3.8, 4) is 5.75 Å². The van der Waals surface area contributed by atoms with Crippen molar-refractivity contribution in [1.29, 1.82) is 0 Å². The first-order valence-corrected chi connectivity index (χ1v) is 7.19. The smallest absolute Gasteiger partial charge is 0.404 e. The molecule has 0 saturated heterocycles. The molecule has 10 heteroatoms. The van der Waals surface area contributed by atoms with Crippen LogP contribution in [0.1, 0.15) is 6.42 Å². The lowest BCUT2D eigenvalue weighted by Crippen LogP contribution is -2.30. The third-order valence-corrected chi connectivity index (χ3v) is 3.79. The van der Waals surface area contributed by atoms with Crippen LogP contribution in [-0.4, -0.2) is 34.3 Å². The standard InChI is InChI=1S/C11H13F3N2O4S/c1-15-10(17)6-7-16-21(18,19)9-5-3-2-4-8(9)20-11(12,13)14/h2-5,16H,6-7H2,1H3,(H,15,17). The van der Waals surface area contributed by atoms with E-state index in [0.717, 1.165) is 12.1 Å². The van der Waals surface area contributed by atoms with E-state index in [-0.39, 0.29) is 13.0 Å². The molecule has 1 rings (SSSR count). The van der Waals surface area contributed by atoms with Gasteiger partial charge < -0.3 is 10.1 Å². The van der Waals surface area contributed by atoms with Crippen LogP contribution in [0.3, 0.4) is 0 Å². The number of hydrogen-bond acceptors (Lipinski definition) is 4. The van der Waals surface area contributed by atoms with E-state index in [0.29, 0.717) is 0 Å². The quantitative estimate of drug-likeness (QED) is 0.817. The van der Waals surface area contributed by atoms with Crippen LogP contribution >= 0.6 is 0 Å². The largest absolute Gasteiger partial charge is 0.573 e. The summed E-state index contributed by atoms with van der Waals surface area (Å²) in [5, 5.41) is 2.29. The van der Waals surface area contributed by atoms with Gasteiger partial charge in [-0.05, 0) is 12.1 Å². The summed E-state index contributed by atoms with van der Waals surface area (Å²) in [6.07, 6.45) is -5.15. The Morgan fingerprint density at radius 1 is 1.29 bits per heavy atom. The second kappa shape index (κ2) is 6.76. The number of halogens is 3. The normalized spacial score (nSPS) is 12.0. The molecule has 0 bridgehead atoms. The minimum atomic E-state index is -5.01. The molecule has 0 heterocycles. The third-order valence-electron chi connectivity index (χ3n) is 2.29. The van der Waals surface area contributed by atoms with E-state index in [1.807, 2.05) is 4.72 Å². The Kier molecular flexibility index (Phi) is 5.55. The summed E-state index contributed by atoms with van der Waals surface area (Å²) in [4.78, 5) is 10.3. The maximum Gasteiger partial charge on any atom is 0.573 e. The minimum absolute atomic E-state index is 0.141. The number of carbonyl (C=O) groups is 1. The molecule has 1 aromatic rings. The van der Waals surface area contributed by atoms with Crippen molar-refractivity contribution in [2.24, 2.45) is 0 Å². The SMILES string of the molecule is CNC(=O)CCNS(=O)(=O)c1ccccc1OC(F)(F)F. The van der Waals surface area contributed by atoms with Gasteiger partial charge in [0.25, 0.3) is 0 Å². The Balaban J connectivity index is 2.90. The summed E-state index contributed by atoms with van der Waals surface area (Å²) in [5.41, 5.74) is 0. The van der Waals surface area contributed by atoms with Crippen LogP contribution in [0, 0.1) is 0 Å². The zero-order valence-corrected chi connectivity index (χ0v) is 11.7. The Hall–Kier alpha value is -1.81. The van der Waals surface area contributed by atoms with Gasteiger partial charge in [-0.2, -0.15) is 0 Å². The molecule has 0 radical (unpaired) electrons. The highest BCUT2D eigenvalue weighted by molar-refractivity contribution is 7.89. The number of carbonyl (C=O) groups excluding carboxylic acids is 1. The van der Waals surface area contributed by atoms with Gasteiger partial charge in [-0.15, -0.1) is 13.2 Å². The zero-order chi connectivity index (χ0) is 16.1. The van der Waals surface area contributed by atoms with Crippen molar-refractivity contribution in [2.75, 3.05) is 13.6 Å². The van der Waals surface area contributed by atoms with Gasteiger partial charge in [0.2, 0.25) is 15.9 Å². The number of hydrogen-bond donors (Lipinski definition) is 2. The molecule has 0 aliphatic heterocycles. The number of benzene rings is 1. The summed E-state index contributed by atoms with van der Waals surface area (Å²) < 4.78 is 66.2. The van der Waals surface area contributed by atoms with Crippen molar-refractivity contribution in [3.05, 3.63) is 24.3 Å². The number of alkyl halides is 3. The number of sulfonamides is 1. The molecule has 0 saturated carbocycles. The highest BCUT2D eigenvalue weighted by atomic mass is 32.2. The maximum absolute atomic E-state index is 12.2. The summed E-state index contributed by atoms with van der Waals surface area (Å²) in [6, 6.07) is 4.34. The Bertz CT molecular complexity index is 602. The van der Waals surface area contributed by atoms with Crippen LogP contribution in [0.4, 0.5) is 13.2 Å². The molecular weight excluding hydrogens is 313 g/mol. The van der Waals surface area contributed by atoms with Crippen molar-refractivity contribution >= 4 is 15.9 Å². The average Bonchev–Trinajstić information content (AvgIpc) is 2.36. The molecule has 0 unspecified atom stereocenters. The Morgan fingerprint density at radius 3 is 2.48 bits per heavy atom. The number of rotatable bonds is 6. The second-order valence-electron chi connectivity index (χ2n) is 3.82. The lowest BCUT2D eigenvalue weighted by molar-refractivity contribution is -0.275. The monoisotopic (exact) mass is 326 g/mol. The van der Waals surface area contributed by atoms with Crippen LogP contribution in [0.25, 0.3) is 0 Å². The van der Waals surface area contributed by atoms with Crippen LogP contribution in [0.5, 0.6) is 5.75 Å². The molecule has 0 aliphatic rings. The molecule has 0 aliphatic carbocycles.